The van der Waals surface area contributed by atoms with Gasteiger partial charge in [-0.15, -0.1) is 0 Å². The Morgan fingerprint density at radius 1 is 0.700 bits per heavy atom. The molecular formula is C16H34O4. The Bertz CT molecular complexity index is 214. The first-order valence-corrected chi connectivity index (χ1v) is 7.51. The van der Waals surface area contributed by atoms with Gasteiger partial charge < -0.3 is 19.7 Å². The molecule has 4 nitrogen and oxygen atoms in total. The summed E-state index contributed by atoms with van der Waals surface area (Å²) in [6.07, 6.45) is 0.582. The largest absolute Gasteiger partial charge is 0.391 e. The van der Waals surface area contributed by atoms with Gasteiger partial charge in [0.25, 0.3) is 0 Å². The summed E-state index contributed by atoms with van der Waals surface area (Å²) in [6.45, 7) is 14.1. The zero-order valence-electron chi connectivity index (χ0n) is 14.1. The fourth-order valence-corrected chi connectivity index (χ4v) is 2.09. The third-order valence-electron chi connectivity index (χ3n) is 2.69. The zero-order valence-corrected chi connectivity index (χ0v) is 14.1. The minimum absolute atomic E-state index is 0.107. The van der Waals surface area contributed by atoms with Gasteiger partial charge in [0, 0.05) is 0 Å². The second-order valence-electron chi connectivity index (χ2n) is 7.99. The van der Waals surface area contributed by atoms with Crippen molar-refractivity contribution in [3.05, 3.63) is 0 Å². The maximum Gasteiger partial charge on any atom is 0.0778 e. The molecule has 0 spiro atoms. The SMILES string of the molecule is CC(C)(C)CC(O)COCCOCC(O)CC(C)(C)C. The topological polar surface area (TPSA) is 58.9 Å². The monoisotopic (exact) mass is 290 g/mol. The number of hydrogen-bond donors (Lipinski definition) is 2. The molecule has 0 aliphatic heterocycles. The summed E-state index contributed by atoms with van der Waals surface area (Å²) in [6, 6.07) is 0. The number of aliphatic hydroxyl groups is 2. The van der Waals surface area contributed by atoms with Gasteiger partial charge in [-0.25, -0.2) is 0 Å². The fraction of sp³-hybridized carbons (Fsp3) is 1.00. The lowest BCUT2D eigenvalue weighted by Gasteiger charge is -2.23. The van der Waals surface area contributed by atoms with Crippen LogP contribution >= 0.6 is 0 Å². The normalized spacial score (nSPS) is 16.2. The van der Waals surface area contributed by atoms with E-state index in [4.69, 9.17) is 9.47 Å². The van der Waals surface area contributed by atoms with Crippen molar-refractivity contribution in [2.24, 2.45) is 10.8 Å². The summed E-state index contributed by atoms with van der Waals surface area (Å²) in [4.78, 5) is 0. The van der Waals surface area contributed by atoms with Crippen molar-refractivity contribution in [1.29, 1.82) is 0 Å². The van der Waals surface area contributed by atoms with Gasteiger partial charge in [-0.3, -0.25) is 0 Å². The molecule has 122 valence electrons. The van der Waals surface area contributed by atoms with Crippen LogP contribution < -0.4 is 0 Å². The summed E-state index contributed by atoms with van der Waals surface area (Å²) in [5.74, 6) is 0. The van der Waals surface area contributed by atoms with E-state index in [0.29, 0.717) is 26.4 Å². The average molecular weight is 290 g/mol. The number of aliphatic hydroxyl groups excluding tert-OH is 2. The van der Waals surface area contributed by atoms with Crippen molar-refractivity contribution in [3.63, 3.8) is 0 Å². The fourth-order valence-electron chi connectivity index (χ4n) is 2.09. The highest BCUT2D eigenvalue weighted by Gasteiger charge is 2.17. The molecule has 0 aliphatic rings. The van der Waals surface area contributed by atoms with E-state index >= 15 is 0 Å². The summed E-state index contributed by atoms with van der Waals surface area (Å²) in [5.41, 5.74) is 0.215. The van der Waals surface area contributed by atoms with E-state index in [0.717, 1.165) is 12.8 Å². The third kappa shape index (κ3) is 14.3. The predicted octanol–water partition coefficient (Wildman–Crippen LogP) is 2.61. The molecule has 0 aliphatic carbocycles. The van der Waals surface area contributed by atoms with Gasteiger partial charge in [0.1, 0.15) is 0 Å². The van der Waals surface area contributed by atoms with Crippen molar-refractivity contribution in [2.45, 2.75) is 66.6 Å². The number of ether oxygens (including phenoxy) is 2. The Labute approximate surface area is 124 Å². The first kappa shape index (κ1) is 19.8. The van der Waals surface area contributed by atoms with Crippen LogP contribution in [0.1, 0.15) is 54.4 Å². The second-order valence-corrected chi connectivity index (χ2v) is 7.99. The van der Waals surface area contributed by atoms with Gasteiger partial charge in [-0.05, 0) is 23.7 Å². The van der Waals surface area contributed by atoms with Crippen molar-refractivity contribution in [1.82, 2.24) is 0 Å². The highest BCUT2D eigenvalue weighted by Crippen LogP contribution is 2.21. The van der Waals surface area contributed by atoms with Gasteiger partial charge in [0.2, 0.25) is 0 Å². The van der Waals surface area contributed by atoms with E-state index in [1.807, 2.05) is 0 Å². The molecule has 2 atom stereocenters. The molecule has 0 fully saturated rings. The lowest BCUT2D eigenvalue weighted by Crippen LogP contribution is -2.25. The standard InChI is InChI=1S/C16H34O4/c1-15(2,3)9-13(17)11-19-7-8-20-12-14(18)10-16(4,5)6/h13-14,17-18H,7-12H2,1-6H3. The van der Waals surface area contributed by atoms with Gasteiger partial charge in [-0.2, -0.15) is 0 Å². The molecular weight excluding hydrogens is 256 g/mol. The molecule has 0 amide bonds. The Balaban J connectivity index is 3.49. The molecule has 0 radical (unpaired) electrons. The van der Waals surface area contributed by atoms with E-state index in [1.54, 1.807) is 0 Å². The van der Waals surface area contributed by atoms with Crippen molar-refractivity contribution >= 4 is 0 Å². The van der Waals surface area contributed by atoms with Crippen molar-refractivity contribution in [3.8, 4) is 0 Å². The van der Waals surface area contributed by atoms with Gasteiger partial charge in [0.15, 0.2) is 0 Å². The maximum absolute atomic E-state index is 9.75. The molecule has 0 heterocycles. The van der Waals surface area contributed by atoms with Gasteiger partial charge in [-0.1, -0.05) is 41.5 Å². The van der Waals surface area contributed by atoms with Crippen LogP contribution in [0.2, 0.25) is 0 Å². The minimum atomic E-state index is -0.429. The molecule has 0 rings (SSSR count). The molecule has 0 aromatic rings. The highest BCUT2D eigenvalue weighted by atomic mass is 16.5. The van der Waals surface area contributed by atoms with Crippen LogP contribution in [0.25, 0.3) is 0 Å². The van der Waals surface area contributed by atoms with E-state index in [-0.39, 0.29) is 10.8 Å². The molecule has 0 bridgehead atoms. The van der Waals surface area contributed by atoms with Crippen LogP contribution in [0, 0.1) is 10.8 Å². The zero-order chi connectivity index (χ0) is 15.8. The molecule has 0 saturated heterocycles. The first-order valence-electron chi connectivity index (χ1n) is 7.51. The Hall–Kier alpha value is -0.160. The molecule has 0 saturated carbocycles. The average Bonchev–Trinajstić information content (AvgIpc) is 2.17. The molecule has 2 unspecified atom stereocenters. The van der Waals surface area contributed by atoms with E-state index < -0.39 is 12.2 Å². The number of hydrogen-bond acceptors (Lipinski definition) is 4. The van der Waals surface area contributed by atoms with Crippen LogP contribution in [0.3, 0.4) is 0 Å². The van der Waals surface area contributed by atoms with E-state index in [2.05, 4.69) is 41.5 Å². The van der Waals surface area contributed by atoms with E-state index in [9.17, 15) is 10.2 Å². The quantitative estimate of drug-likeness (QED) is 0.641. The summed E-state index contributed by atoms with van der Waals surface area (Å²) < 4.78 is 10.7. The molecule has 0 aromatic carbocycles. The first-order chi connectivity index (χ1) is 8.99. The van der Waals surface area contributed by atoms with Crippen LogP contribution in [0.5, 0.6) is 0 Å². The smallest absolute Gasteiger partial charge is 0.0778 e. The minimum Gasteiger partial charge on any atom is -0.391 e. The maximum atomic E-state index is 9.75. The summed E-state index contributed by atoms with van der Waals surface area (Å²) >= 11 is 0. The third-order valence-corrected chi connectivity index (χ3v) is 2.69. The second kappa shape index (κ2) is 8.98. The van der Waals surface area contributed by atoms with Crippen LogP contribution in [-0.4, -0.2) is 48.8 Å². The summed E-state index contributed by atoms with van der Waals surface area (Å²) in [5, 5.41) is 19.5. The van der Waals surface area contributed by atoms with Gasteiger partial charge >= 0.3 is 0 Å². The lowest BCUT2D eigenvalue weighted by atomic mass is 9.89. The van der Waals surface area contributed by atoms with Gasteiger partial charge in [0.05, 0.1) is 38.6 Å². The summed E-state index contributed by atoms with van der Waals surface area (Å²) in [7, 11) is 0. The Kier molecular flexibility index (Phi) is 8.91. The Morgan fingerprint density at radius 2 is 1.00 bits per heavy atom. The van der Waals surface area contributed by atoms with Crippen LogP contribution in [0.15, 0.2) is 0 Å². The van der Waals surface area contributed by atoms with E-state index in [1.165, 1.54) is 0 Å². The molecule has 4 heteroatoms. The highest BCUT2D eigenvalue weighted by molar-refractivity contribution is 4.68. The molecule has 20 heavy (non-hydrogen) atoms. The lowest BCUT2D eigenvalue weighted by molar-refractivity contribution is -0.0296. The molecule has 0 aromatic heterocycles. The van der Waals surface area contributed by atoms with Crippen LogP contribution in [0.4, 0.5) is 0 Å². The van der Waals surface area contributed by atoms with Crippen LogP contribution in [-0.2, 0) is 9.47 Å². The Morgan fingerprint density at radius 3 is 1.25 bits per heavy atom. The predicted molar refractivity (Wildman–Crippen MR) is 81.8 cm³/mol. The van der Waals surface area contributed by atoms with Crippen molar-refractivity contribution < 1.29 is 19.7 Å². The number of rotatable bonds is 9. The molecule has 2 N–H and O–H groups in total. The van der Waals surface area contributed by atoms with Crippen molar-refractivity contribution in [2.75, 3.05) is 26.4 Å².